The lowest BCUT2D eigenvalue weighted by Crippen LogP contribution is -2.50. The first-order valence-corrected chi connectivity index (χ1v) is 9.14. The first-order valence-electron chi connectivity index (χ1n) is 8.32. The molecule has 0 saturated heterocycles. The number of hydrogen-bond acceptors (Lipinski definition) is 6. The second-order valence-electron chi connectivity index (χ2n) is 6.73. The third kappa shape index (κ3) is 2.92. The molecule has 0 bridgehead atoms. The van der Waals surface area contributed by atoms with Crippen LogP contribution in [0, 0.1) is 19.8 Å². The molecule has 9 heteroatoms. The number of amides is 1. The summed E-state index contributed by atoms with van der Waals surface area (Å²) in [6, 6.07) is -0.928. The lowest BCUT2D eigenvalue weighted by Gasteiger charge is -2.33. The Morgan fingerprint density at radius 1 is 1.28 bits per heavy atom. The molecule has 25 heavy (non-hydrogen) atoms. The topological polar surface area (TPSA) is 101 Å². The second kappa shape index (κ2) is 5.91. The van der Waals surface area contributed by atoms with Crippen molar-refractivity contribution >= 4 is 23.2 Å². The average Bonchev–Trinajstić information content (AvgIpc) is 3.21. The zero-order valence-electron chi connectivity index (χ0n) is 14.1. The van der Waals surface area contributed by atoms with Gasteiger partial charge < -0.3 is 14.6 Å². The van der Waals surface area contributed by atoms with E-state index in [0.717, 1.165) is 11.4 Å². The molecule has 1 aliphatic heterocycles. The number of carboxylic acids is 1. The largest absolute Gasteiger partial charge is 0.480 e. The zero-order valence-corrected chi connectivity index (χ0v) is 14.9. The van der Waals surface area contributed by atoms with Crippen LogP contribution in [0.4, 0.5) is 0 Å². The summed E-state index contributed by atoms with van der Waals surface area (Å²) in [6.45, 7) is 3.91. The van der Waals surface area contributed by atoms with Crippen molar-refractivity contribution in [1.29, 1.82) is 0 Å². The maximum atomic E-state index is 13.0. The van der Waals surface area contributed by atoms with Crippen LogP contribution in [0.5, 0.6) is 0 Å². The predicted molar refractivity (Wildman–Crippen MR) is 89.3 cm³/mol. The maximum absolute atomic E-state index is 13.0. The van der Waals surface area contributed by atoms with Crippen LogP contribution in [0.3, 0.4) is 0 Å². The smallest absolute Gasteiger partial charge is 0.328 e. The Morgan fingerprint density at radius 2 is 2.04 bits per heavy atom. The van der Waals surface area contributed by atoms with Gasteiger partial charge in [0.1, 0.15) is 16.7 Å². The maximum Gasteiger partial charge on any atom is 0.328 e. The van der Waals surface area contributed by atoms with Crippen molar-refractivity contribution in [2.75, 3.05) is 0 Å². The summed E-state index contributed by atoms with van der Waals surface area (Å²) < 4.78 is 1.76. The molecule has 0 spiro atoms. The van der Waals surface area contributed by atoms with E-state index < -0.39 is 12.0 Å². The molecule has 4 rings (SSSR count). The molecule has 0 radical (unpaired) electrons. The Kier molecular flexibility index (Phi) is 3.82. The van der Waals surface area contributed by atoms with Gasteiger partial charge in [0.05, 0.1) is 23.8 Å². The Balaban J connectivity index is 1.63. The van der Waals surface area contributed by atoms with Gasteiger partial charge in [-0.1, -0.05) is 0 Å². The Labute approximate surface area is 148 Å². The molecule has 1 amide bonds. The van der Waals surface area contributed by atoms with Crippen molar-refractivity contribution in [3.05, 3.63) is 27.2 Å². The van der Waals surface area contributed by atoms with Crippen LogP contribution >= 0.6 is 11.3 Å². The van der Waals surface area contributed by atoms with Gasteiger partial charge in [0, 0.05) is 6.42 Å². The molecule has 1 unspecified atom stereocenters. The fraction of sp³-hybridized carbons (Fsp3) is 0.562. The van der Waals surface area contributed by atoms with Crippen molar-refractivity contribution < 1.29 is 14.7 Å². The molecule has 1 atom stereocenters. The van der Waals surface area contributed by atoms with Crippen molar-refractivity contribution in [2.24, 2.45) is 5.92 Å². The van der Waals surface area contributed by atoms with E-state index in [-0.39, 0.29) is 19.0 Å². The summed E-state index contributed by atoms with van der Waals surface area (Å²) in [5.74, 6) is 0.665. The molecular weight excluding hydrogens is 342 g/mol. The van der Waals surface area contributed by atoms with Crippen LogP contribution < -0.4 is 0 Å². The molecule has 132 valence electrons. The molecule has 1 N–H and O–H groups in total. The highest BCUT2D eigenvalue weighted by Gasteiger charge is 2.38. The summed E-state index contributed by atoms with van der Waals surface area (Å²) in [4.78, 5) is 31.2. The van der Waals surface area contributed by atoms with Gasteiger partial charge in [0.15, 0.2) is 5.82 Å². The van der Waals surface area contributed by atoms with Crippen molar-refractivity contribution in [3.63, 3.8) is 0 Å². The molecule has 1 saturated carbocycles. The molecular formula is C16H19N5O3S. The van der Waals surface area contributed by atoms with E-state index in [9.17, 15) is 14.7 Å². The molecule has 8 nitrogen and oxygen atoms in total. The van der Waals surface area contributed by atoms with Crippen LogP contribution in [0.2, 0.25) is 0 Å². The van der Waals surface area contributed by atoms with E-state index in [1.807, 2.05) is 6.92 Å². The van der Waals surface area contributed by atoms with Gasteiger partial charge in [-0.15, -0.1) is 21.5 Å². The lowest BCUT2D eigenvalue weighted by molar-refractivity contribution is -0.143. The molecule has 1 fully saturated rings. The molecule has 1 aliphatic carbocycles. The van der Waals surface area contributed by atoms with Crippen LogP contribution in [0.25, 0.3) is 0 Å². The number of rotatable bonds is 4. The van der Waals surface area contributed by atoms with Crippen LogP contribution in [0.1, 0.15) is 44.9 Å². The number of hydrogen-bond donors (Lipinski definition) is 1. The Hall–Kier alpha value is -2.29. The number of aliphatic carboxylic acids is 1. The zero-order chi connectivity index (χ0) is 17.7. The first-order chi connectivity index (χ1) is 11.9. The summed E-state index contributed by atoms with van der Waals surface area (Å²) in [5, 5.41) is 18.6. The fourth-order valence-corrected chi connectivity index (χ4v) is 4.31. The highest BCUT2D eigenvalue weighted by atomic mass is 32.1. The third-order valence-corrected chi connectivity index (χ3v) is 5.96. The van der Waals surface area contributed by atoms with E-state index in [1.165, 1.54) is 29.1 Å². The predicted octanol–water partition coefficient (Wildman–Crippen LogP) is 1.41. The molecule has 2 aromatic heterocycles. The number of carbonyl (C=O) groups excluding carboxylic acids is 1. The third-order valence-electron chi connectivity index (χ3n) is 4.80. The molecule has 3 heterocycles. The SMILES string of the molecule is Cc1nc(CC2CC2)sc1C(=O)N1Cc2nnc(C)n2CC1C(=O)O. The summed E-state index contributed by atoms with van der Waals surface area (Å²) >= 11 is 1.39. The molecule has 2 aromatic rings. The summed E-state index contributed by atoms with van der Waals surface area (Å²) in [6.07, 6.45) is 3.36. The minimum atomic E-state index is -1.02. The van der Waals surface area contributed by atoms with E-state index in [1.54, 1.807) is 11.5 Å². The van der Waals surface area contributed by atoms with E-state index in [4.69, 9.17) is 0 Å². The van der Waals surface area contributed by atoms with Crippen LogP contribution in [0.15, 0.2) is 0 Å². The minimum absolute atomic E-state index is 0.145. The Bertz CT molecular complexity index is 854. The van der Waals surface area contributed by atoms with Crippen LogP contribution in [-0.2, 0) is 24.3 Å². The number of fused-ring (bicyclic) bond motifs is 1. The Morgan fingerprint density at radius 3 is 2.72 bits per heavy atom. The summed E-state index contributed by atoms with van der Waals surface area (Å²) in [7, 11) is 0. The normalized spacial score (nSPS) is 19.8. The van der Waals surface area contributed by atoms with Crippen molar-refractivity contribution in [3.8, 4) is 0 Å². The number of aryl methyl sites for hydroxylation is 2. The first kappa shape index (κ1) is 16.2. The highest BCUT2D eigenvalue weighted by Crippen LogP contribution is 2.35. The average molecular weight is 361 g/mol. The van der Waals surface area contributed by atoms with Gasteiger partial charge in [0.2, 0.25) is 0 Å². The molecule has 0 aromatic carbocycles. The van der Waals surface area contributed by atoms with Gasteiger partial charge in [-0.2, -0.15) is 0 Å². The quantitative estimate of drug-likeness (QED) is 0.884. The number of carboxylic acid groups (broad SMARTS) is 1. The summed E-state index contributed by atoms with van der Waals surface area (Å²) in [5.41, 5.74) is 0.679. The minimum Gasteiger partial charge on any atom is -0.480 e. The van der Waals surface area contributed by atoms with Crippen molar-refractivity contribution in [1.82, 2.24) is 24.6 Å². The van der Waals surface area contributed by atoms with E-state index >= 15 is 0 Å². The monoisotopic (exact) mass is 361 g/mol. The van der Waals surface area contributed by atoms with E-state index in [0.29, 0.717) is 28.1 Å². The second-order valence-corrected chi connectivity index (χ2v) is 7.81. The van der Waals surface area contributed by atoms with Gasteiger partial charge >= 0.3 is 5.97 Å². The van der Waals surface area contributed by atoms with Gasteiger partial charge in [0.25, 0.3) is 5.91 Å². The number of thiazole rings is 1. The fourth-order valence-electron chi connectivity index (χ4n) is 3.18. The van der Waals surface area contributed by atoms with Gasteiger partial charge in [-0.3, -0.25) is 4.79 Å². The van der Waals surface area contributed by atoms with Gasteiger partial charge in [-0.25, -0.2) is 9.78 Å². The molecule has 2 aliphatic rings. The lowest BCUT2D eigenvalue weighted by atomic mass is 10.1. The van der Waals surface area contributed by atoms with E-state index in [2.05, 4.69) is 15.2 Å². The highest BCUT2D eigenvalue weighted by molar-refractivity contribution is 7.13. The number of nitrogens with zero attached hydrogens (tertiary/aromatic N) is 5. The van der Waals surface area contributed by atoms with Gasteiger partial charge in [-0.05, 0) is 32.6 Å². The van der Waals surface area contributed by atoms with Crippen molar-refractivity contribution in [2.45, 2.75) is 52.2 Å². The standard InChI is InChI=1S/C16H19N5O3S/c1-8-14(25-13(17-8)5-10-3-4-10)15(22)21-7-12-19-18-9(2)20(12)6-11(21)16(23)24/h10-11H,3-7H2,1-2H3,(H,23,24). The van der Waals surface area contributed by atoms with Crippen LogP contribution in [-0.4, -0.2) is 47.7 Å². The number of aromatic nitrogens is 4. The number of carbonyl (C=O) groups is 2.